The van der Waals surface area contributed by atoms with Crippen LogP contribution in [-0.4, -0.2) is 21.0 Å². The van der Waals surface area contributed by atoms with Gasteiger partial charge in [0.15, 0.2) is 11.6 Å². The average molecular weight is 340 g/mol. The second kappa shape index (κ2) is 7.06. The lowest BCUT2D eigenvalue weighted by Crippen LogP contribution is -2.15. The molecular weight excluding hydrogens is 326 g/mol. The molecule has 0 spiro atoms. The Balaban J connectivity index is 2.05. The van der Waals surface area contributed by atoms with E-state index in [0.717, 1.165) is 11.3 Å². The monoisotopic (exact) mass is 339 g/mol. The van der Waals surface area contributed by atoms with Crippen molar-refractivity contribution in [2.45, 2.75) is 6.92 Å². The molecule has 1 aromatic carbocycles. The van der Waals surface area contributed by atoms with E-state index in [2.05, 4.69) is 20.1 Å². The van der Waals surface area contributed by atoms with Gasteiger partial charge >= 0.3 is 0 Å². The van der Waals surface area contributed by atoms with Gasteiger partial charge in [-0.05, 0) is 19.1 Å². The molecule has 0 saturated heterocycles. The molecule has 0 bridgehead atoms. The first kappa shape index (κ1) is 15.9. The summed E-state index contributed by atoms with van der Waals surface area (Å²) in [6.07, 6.45) is 6.44. The van der Waals surface area contributed by atoms with Crippen molar-refractivity contribution in [2.75, 3.05) is 0 Å². The number of nitrogens with two attached hydrogens (primary N) is 1. The van der Waals surface area contributed by atoms with Crippen LogP contribution in [0.2, 0.25) is 5.02 Å². The van der Waals surface area contributed by atoms with Gasteiger partial charge < -0.3 is 10.3 Å². The van der Waals surface area contributed by atoms with Crippen molar-refractivity contribution in [1.29, 1.82) is 0 Å². The van der Waals surface area contributed by atoms with E-state index in [1.165, 1.54) is 0 Å². The van der Waals surface area contributed by atoms with E-state index in [-0.39, 0.29) is 5.84 Å². The maximum absolute atomic E-state index is 6.06. The van der Waals surface area contributed by atoms with Crippen LogP contribution in [0, 0.1) is 6.92 Å². The third-order valence-electron chi connectivity index (χ3n) is 3.13. The third kappa shape index (κ3) is 3.85. The zero-order valence-corrected chi connectivity index (χ0v) is 13.6. The Labute approximate surface area is 143 Å². The molecule has 0 aliphatic heterocycles. The highest BCUT2D eigenvalue weighted by Crippen LogP contribution is 2.22. The molecule has 0 saturated carbocycles. The fourth-order valence-corrected chi connectivity index (χ4v) is 2.13. The molecule has 2 aromatic heterocycles. The fourth-order valence-electron chi connectivity index (χ4n) is 2.01. The normalized spacial score (nSPS) is 12.4. The summed E-state index contributed by atoms with van der Waals surface area (Å²) in [6, 6.07) is 9.08. The van der Waals surface area contributed by atoms with Crippen LogP contribution in [0.25, 0.3) is 11.8 Å². The maximum atomic E-state index is 6.06. The van der Waals surface area contributed by atoms with Gasteiger partial charge in [-0.2, -0.15) is 0 Å². The highest BCUT2D eigenvalue weighted by molar-refractivity contribution is 6.30. The van der Waals surface area contributed by atoms with Crippen LogP contribution in [0.5, 0.6) is 0 Å². The molecule has 0 unspecified atom stereocenters. The lowest BCUT2D eigenvalue weighted by Gasteiger charge is -2.05. The van der Waals surface area contributed by atoms with Crippen LogP contribution in [0.3, 0.4) is 0 Å². The molecule has 0 radical (unpaired) electrons. The molecule has 6 nitrogen and oxygen atoms in total. The van der Waals surface area contributed by atoms with Gasteiger partial charge in [0.1, 0.15) is 5.69 Å². The third-order valence-corrected chi connectivity index (χ3v) is 3.38. The van der Waals surface area contributed by atoms with Gasteiger partial charge in [-0.1, -0.05) is 28.9 Å². The second-order valence-corrected chi connectivity index (χ2v) is 5.43. The van der Waals surface area contributed by atoms with Crippen molar-refractivity contribution in [3.63, 3.8) is 0 Å². The van der Waals surface area contributed by atoms with Crippen molar-refractivity contribution in [3.8, 4) is 0 Å². The molecule has 3 aromatic rings. The molecule has 0 aliphatic carbocycles. The van der Waals surface area contributed by atoms with Crippen molar-refractivity contribution >= 4 is 29.2 Å². The highest BCUT2D eigenvalue weighted by Gasteiger charge is 2.07. The predicted octanol–water partition coefficient (Wildman–Crippen LogP) is 3.33. The van der Waals surface area contributed by atoms with Crippen molar-refractivity contribution in [1.82, 2.24) is 15.1 Å². The van der Waals surface area contributed by atoms with E-state index >= 15 is 0 Å². The molecule has 0 aliphatic rings. The molecule has 7 heteroatoms. The Bertz CT molecular complexity index is 885. The number of aliphatic imine (C=N–C) groups is 1. The van der Waals surface area contributed by atoms with Gasteiger partial charge in [-0.3, -0.25) is 4.98 Å². The largest absolute Gasteiger partial charge is 0.382 e. The van der Waals surface area contributed by atoms with Crippen molar-refractivity contribution in [3.05, 3.63) is 76.7 Å². The van der Waals surface area contributed by atoms with Gasteiger partial charge in [-0.25, -0.2) is 9.98 Å². The molecule has 0 fully saturated rings. The smallest absolute Gasteiger partial charge is 0.162 e. The zero-order chi connectivity index (χ0) is 16.9. The van der Waals surface area contributed by atoms with E-state index in [1.807, 2.05) is 25.1 Å². The first-order valence-corrected chi connectivity index (χ1v) is 7.51. The van der Waals surface area contributed by atoms with Crippen LogP contribution in [-0.2, 0) is 0 Å². The minimum Gasteiger partial charge on any atom is -0.382 e. The highest BCUT2D eigenvalue weighted by atomic mass is 35.5. The van der Waals surface area contributed by atoms with Gasteiger partial charge in [-0.15, -0.1) is 0 Å². The number of rotatable bonds is 4. The number of aryl methyl sites for hydroxylation is 1. The Morgan fingerprint density at radius 3 is 2.67 bits per heavy atom. The van der Waals surface area contributed by atoms with Crippen LogP contribution in [0.15, 0.2) is 58.4 Å². The molecule has 3 rings (SSSR count). The average Bonchev–Trinajstić information content (AvgIpc) is 3.01. The molecule has 120 valence electrons. The summed E-state index contributed by atoms with van der Waals surface area (Å²) in [5.74, 6) is 0.827. The van der Waals surface area contributed by atoms with Crippen LogP contribution < -0.4 is 5.73 Å². The summed E-state index contributed by atoms with van der Waals surface area (Å²) < 4.78 is 5.24. The quantitative estimate of drug-likeness (QED) is 0.581. The molecule has 24 heavy (non-hydrogen) atoms. The molecule has 2 heterocycles. The van der Waals surface area contributed by atoms with Crippen LogP contribution >= 0.6 is 11.6 Å². The summed E-state index contributed by atoms with van der Waals surface area (Å²) in [5.41, 5.74) is 8.76. The van der Waals surface area contributed by atoms with Gasteiger partial charge in [0.2, 0.25) is 0 Å². The number of amidine groups is 1. The SMILES string of the molecule is Cc1cc(/C=C(/N=C(N)c2cnccn2)c2ccc(Cl)cc2)on1. The number of benzene rings is 1. The predicted molar refractivity (Wildman–Crippen MR) is 93.3 cm³/mol. The number of aromatic nitrogens is 3. The summed E-state index contributed by atoms with van der Waals surface area (Å²) in [7, 11) is 0. The van der Waals surface area contributed by atoms with E-state index in [9.17, 15) is 0 Å². The van der Waals surface area contributed by atoms with E-state index in [4.69, 9.17) is 21.9 Å². The first-order chi connectivity index (χ1) is 11.6. The number of hydrogen-bond donors (Lipinski definition) is 1. The minimum absolute atomic E-state index is 0.250. The number of nitrogens with zero attached hydrogens (tertiary/aromatic N) is 4. The maximum Gasteiger partial charge on any atom is 0.162 e. The van der Waals surface area contributed by atoms with Crippen LogP contribution in [0.4, 0.5) is 0 Å². The fraction of sp³-hybridized carbons (Fsp3) is 0.0588. The Morgan fingerprint density at radius 2 is 2.04 bits per heavy atom. The van der Waals surface area contributed by atoms with Crippen molar-refractivity contribution in [2.24, 2.45) is 10.7 Å². The van der Waals surface area contributed by atoms with Crippen LogP contribution in [0.1, 0.15) is 22.7 Å². The molecule has 0 atom stereocenters. The Morgan fingerprint density at radius 1 is 1.25 bits per heavy atom. The first-order valence-electron chi connectivity index (χ1n) is 7.13. The topological polar surface area (TPSA) is 90.2 Å². The summed E-state index contributed by atoms with van der Waals surface area (Å²) >= 11 is 5.95. The summed E-state index contributed by atoms with van der Waals surface area (Å²) in [5, 5.41) is 4.51. The van der Waals surface area contributed by atoms with E-state index < -0.39 is 0 Å². The number of halogens is 1. The second-order valence-electron chi connectivity index (χ2n) is 4.99. The lowest BCUT2D eigenvalue weighted by atomic mass is 10.1. The molecule has 0 amide bonds. The zero-order valence-electron chi connectivity index (χ0n) is 12.8. The minimum atomic E-state index is 0.250. The standard InChI is InChI=1S/C17H14ClN5O/c1-11-8-14(24-23-11)9-15(12-2-4-13(18)5-3-12)22-17(19)16-10-20-6-7-21-16/h2-10H,1H3,(H2,19,22)/b15-9+. The molecular formula is C17H14ClN5O. The summed E-state index contributed by atoms with van der Waals surface area (Å²) in [4.78, 5) is 12.6. The Kier molecular flexibility index (Phi) is 4.67. The summed E-state index contributed by atoms with van der Waals surface area (Å²) in [6.45, 7) is 1.85. The molecule has 2 N–H and O–H groups in total. The number of hydrogen-bond acceptors (Lipinski definition) is 5. The van der Waals surface area contributed by atoms with Gasteiger partial charge in [0.25, 0.3) is 0 Å². The van der Waals surface area contributed by atoms with Gasteiger partial charge in [0, 0.05) is 35.1 Å². The van der Waals surface area contributed by atoms with E-state index in [0.29, 0.717) is 22.2 Å². The van der Waals surface area contributed by atoms with E-state index in [1.54, 1.807) is 36.8 Å². The Hall–Kier alpha value is -2.99. The van der Waals surface area contributed by atoms with Gasteiger partial charge in [0.05, 0.1) is 17.6 Å². The lowest BCUT2D eigenvalue weighted by molar-refractivity contribution is 0.408. The van der Waals surface area contributed by atoms with Crippen molar-refractivity contribution < 1.29 is 4.52 Å².